The Hall–Kier alpha value is -1.56. The van der Waals surface area contributed by atoms with Gasteiger partial charge in [-0.3, -0.25) is 4.98 Å². The first-order chi connectivity index (χ1) is 6.77. The second-order valence-corrected chi connectivity index (χ2v) is 3.39. The zero-order valence-corrected chi connectivity index (χ0v) is 7.94. The average molecular weight is 207 g/mol. The van der Waals surface area contributed by atoms with Crippen molar-refractivity contribution in [2.45, 2.75) is 0 Å². The van der Waals surface area contributed by atoms with Gasteiger partial charge in [-0.2, -0.15) is 10.1 Å². The molecule has 0 unspecified atom stereocenters. The van der Waals surface area contributed by atoms with E-state index in [4.69, 9.17) is 5.73 Å². The molecule has 1 aliphatic heterocycles. The van der Waals surface area contributed by atoms with Crippen molar-refractivity contribution in [3.8, 4) is 0 Å². The van der Waals surface area contributed by atoms with Crippen molar-refractivity contribution in [3.63, 3.8) is 0 Å². The van der Waals surface area contributed by atoms with Crippen LogP contribution in [-0.4, -0.2) is 21.1 Å². The van der Waals surface area contributed by atoms with E-state index in [-0.39, 0.29) is 0 Å². The lowest BCUT2D eigenvalue weighted by Gasteiger charge is -2.02. The van der Waals surface area contributed by atoms with E-state index in [2.05, 4.69) is 10.1 Å². The van der Waals surface area contributed by atoms with Gasteiger partial charge in [-0.25, -0.2) is 4.79 Å². The Bertz CT molecular complexity index is 378. The summed E-state index contributed by atoms with van der Waals surface area (Å²) in [6, 6.07) is 3.10. The lowest BCUT2D eigenvalue weighted by atomic mass is 10.3. The smallest absolute Gasteiger partial charge is 0.336 e. The Labute approximate surface area is 85.0 Å². The fourth-order valence-electron chi connectivity index (χ4n) is 0.961. The molecule has 2 heterocycles. The summed E-state index contributed by atoms with van der Waals surface area (Å²) in [5, 5.41) is 5.82. The number of hydrogen-bond acceptors (Lipinski definition) is 4. The van der Waals surface area contributed by atoms with Crippen LogP contribution in [0.15, 0.2) is 29.6 Å². The Morgan fingerprint density at radius 2 is 2.43 bits per heavy atom. The number of nitrogens with zero attached hydrogens (tertiary/aromatic N) is 3. The van der Waals surface area contributed by atoms with Gasteiger partial charge in [-0.1, -0.05) is 11.8 Å². The number of urea groups is 1. The Balaban J connectivity index is 2.22. The highest BCUT2D eigenvalue weighted by Crippen LogP contribution is 2.25. The molecule has 0 saturated heterocycles. The Kier molecular flexibility index (Phi) is 2.36. The van der Waals surface area contributed by atoms with Gasteiger partial charge in [-0.15, -0.1) is 0 Å². The minimum Gasteiger partial charge on any atom is -0.350 e. The van der Waals surface area contributed by atoms with E-state index < -0.39 is 6.03 Å². The van der Waals surface area contributed by atoms with Crippen LogP contribution in [0.5, 0.6) is 0 Å². The van der Waals surface area contributed by atoms with Crippen LogP contribution in [0.25, 0.3) is 0 Å². The number of aromatic nitrogens is 1. The van der Waals surface area contributed by atoms with E-state index in [9.17, 15) is 4.79 Å². The van der Waals surface area contributed by atoms with Gasteiger partial charge in [0.1, 0.15) is 10.9 Å². The second-order valence-electron chi connectivity index (χ2n) is 2.55. The third kappa shape index (κ3) is 1.69. The molecule has 1 aliphatic rings. The predicted molar refractivity (Wildman–Crippen MR) is 54.1 cm³/mol. The molecule has 0 spiro atoms. The van der Waals surface area contributed by atoms with Gasteiger partial charge in [0.2, 0.25) is 0 Å². The molecule has 1 radical (unpaired) electrons. The van der Waals surface area contributed by atoms with E-state index in [0.717, 1.165) is 15.6 Å². The summed E-state index contributed by atoms with van der Waals surface area (Å²) in [5.74, 6) is 1.56. The molecule has 5 nitrogen and oxygen atoms in total. The standard InChI is InChI=1S/C8H7N4OS/c9-8(13)12-5-14-7(11-12)6-2-1-3-10-4-6/h1-5H,(H2,9,13). The molecule has 0 bridgehead atoms. The van der Waals surface area contributed by atoms with Gasteiger partial charge in [0.15, 0.2) is 0 Å². The van der Waals surface area contributed by atoms with Gasteiger partial charge in [0, 0.05) is 18.0 Å². The van der Waals surface area contributed by atoms with Crippen LogP contribution >= 0.6 is 11.8 Å². The highest BCUT2D eigenvalue weighted by molar-refractivity contribution is 8.16. The number of hydrogen-bond donors (Lipinski definition) is 1. The zero-order valence-electron chi connectivity index (χ0n) is 7.12. The van der Waals surface area contributed by atoms with Gasteiger partial charge in [-0.05, 0) is 12.1 Å². The van der Waals surface area contributed by atoms with E-state index >= 15 is 0 Å². The molecule has 0 atom stereocenters. The molecule has 0 aliphatic carbocycles. The number of nitrogens with two attached hydrogens (primary N) is 1. The minimum absolute atomic E-state index is 0.587. The van der Waals surface area contributed by atoms with Crippen LogP contribution in [-0.2, 0) is 0 Å². The average Bonchev–Trinajstić information content (AvgIpc) is 2.68. The van der Waals surface area contributed by atoms with Crippen LogP contribution in [0.3, 0.4) is 0 Å². The van der Waals surface area contributed by atoms with Crippen molar-refractivity contribution >= 4 is 22.8 Å². The third-order valence-electron chi connectivity index (χ3n) is 1.60. The molecule has 0 fully saturated rings. The first kappa shape index (κ1) is 9.01. The van der Waals surface area contributed by atoms with E-state index in [1.807, 2.05) is 12.1 Å². The number of thioether (sulfide) groups is 1. The van der Waals surface area contributed by atoms with Gasteiger partial charge >= 0.3 is 6.03 Å². The maximum Gasteiger partial charge on any atom is 0.336 e. The van der Waals surface area contributed by atoms with E-state index in [1.54, 1.807) is 18.3 Å². The molecule has 2 N–H and O–H groups in total. The lowest BCUT2D eigenvalue weighted by Crippen LogP contribution is -2.26. The Morgan fingerprint density at radius 1 is 1.57 bits per heavy atom. The lowest BCUT2D eigenvalue weighted by molar-refractivity contribution is 0.225. The number of pyridine rings is 1. The normalized spacial score (nSPS) is 15.4. The molecule has 1 aromatic rings. The van der Waals surface area contributed by atoms with E-state index in [1.165, 1.54) is 11.8 Å². The number of primary amides is 1. The molecular formula is C8H7N4OS. The van der Waals surface area contributed by atoms with Crippen molar-refractivity contribution < 1.29 is 4.79 Å². The predicted octanol–water partition coefficient (Wildman–Crippen LogP) is 0.990. The van der Waals surface area contributed by atoms with Crippen molar-refractivity contribution in [2.24, 2.45) is 10.8 Å². The molecule has 71 valence electrons. The summed E-state index contributed by atoms with van der Waals surface area (Å²) < 4.78 is 0. The molecular weight excluding hydrogens is 200 g/mol. The molecule has 6 heteroatoms. The van der Waals surface area contributed by atoms with Crippen LogP contribution < -0.4 is 5.73 Å². The topological polar surface area (TPSA) is 71.6 Å². The zero-order chi connectivity index (χ0) is 9.97. The van der Waals surface area contributed by atoms with Crippen molar-refractivity contribution in [1.82, 2.24) is 9.99 Å². The fraction of sp³-hybridized carbons (Fsp3) is 0. The minimum atomic E-state index is -0.587. The van der Waals surface area contributed by atoms with E-state index in [0.29, 0.717) is 0 Å². The number of rotatable bonds is 1. The first-order valence-electron chi connectivity index (χ1n) is 3.85. The molecule has 1 aromatic heterocycles. The second kappa shape index (κ2) is 3.67. The van der Waals surface area contributed by atoms with Crippen LogP contribution in [0, 0.1) is 5.88 Å². The van der Waals surface area contributed by atoms with Gasteiger partial charge < -0.3 is 5.73 Å². The van der Waals surface area contributed by atoms with Crippen LogP contribution in [0.4, 0.5) is 4.79 Å². The number of hydrazone groups is 1. The largest absolute Gasteiger partial charge is 0.350 e. The van der Waals surface area contributed by atoms with Crippen molar-refractivity contribution in [1.29, 1.82) is 0 Å². The quantitative estimate of drug-likeness (QED) is 0.746. The highest BCUT2D eigenvalue weighted by atomic mass is 32.2. The highest BCUT2D eigenvalue weighted by Gasteiger charge is 2.20. The third-order valence-corrected chi connectivity index (χ3v) is 2.44. The molecule has 2 amide bonds. The number of carbonyl (C=O) groups is 1. The maximum absolute atomic E-state index is 10.8. The summed E-state index contributed by atoms with van der Waals surface area (Å²) in [5.41, 5.74) is 5.93. The van der Waals surface area contributed by atoms with Crippen molar-refractivity contribution in [3.05, 3.63) is 36.0 Å². The summed E-state index contributed by atoms with van der Waals surface area (Å²) in [7, 11) is 0. The molecule has 2 rings (SSSR count). The summed E-state index contributed by atoms with van der Waals surface area (Å²) in [6.45, 7) is 0. The fourth-order valence-corrected chi connectivity index (χ4v) is 1.70. The van der Waals surface area contributed by atoms with Gasteiger partial charge in [0.05, 0.1) is 0 Å². The number of amides is 2. The summed E-state index contributed by atoms with van der Waals surface area (Å²) >= 11 is 1.34. The SMILES string of the molecule is NC(=O)N1[CH]SC(c2cccnc2)=N1. The molecule has 0 saturated carbocycles. The maximum atomic E-state index is 10.8. The monoisotopic (exact) mass is 207 g/mol. The molecule has 0 aromatic carbocycles. The van der Waals surface area contributed by atoms with Crippen molar-refractivity contribution in [2.75, 3.05) is 0 Å². The van der Waals surface area contributed by atoms with Crippen LogP contribution in [0.2, 0.25) is 0 Å². The first-order valence-corrected chi connectivity index (χ1v) is 4.73. The van der Waals surface area contributed by atoms with Gasteiger partial charge in [0.25, 0.3) is 0 Å². The molecule has 14 heavy (non-hydrogen) atoms. The van der Waals surface area contributed by atoms with Crippen LogP contribution in [0.1, 0.15) is 5.56 Å². The number of carbonyl (C=O) groups excluding carboxylic acids is 1. The summed E-state index contributed by atoms with van der Waals surface area (Å²) in [4.78, 5) is 14.7. The Morgan fingerprint density at radius 3 is 3.00 bits per heavy atom. The summed E-state index contributed by atoms with van der Waals surface area (Å²) in [6.07, 6.45) is 3.36.